The van der Waals surface area contributed by atoms with Gasteiger partial charge >= 0.3 is 0 Å². The molecule has 1 aliphatic heterocycles. The van der Waals surface area contributed by atoms with Crippen molar-refractivity contribution in [3.05, 3.63) is 35.8 Å². The summed E-state index contributed by atoms with van der Waals surface area (Å²) in [6, 6.07) is 0. The minimum atomic E-state index is 0.0650. The highest BCUT2D eigenvalue weighted by molar-refractivity contribution is 7.20. The third-order valence-electron chi connectivity index (χ3n) is 3.42. The molecule has 0 N–H and O–H groups in total. The Kier molecular flexibility index (Phi) is 5.94. The van der Waals surface area contributed by atoms with Gasteiger partial charge in [0.15, 0.2) is 0 Å². The maximum Gasteiger partial charge on any atom is 0.0684 e. The van der Waals surface area contributed by atoms with Gasteiger partial charge in [-0.05, 0) is 38.6 Å². The highest BCUT2D eigenvalue weighted by atomic mass is 31.0. The Morgan fingerprint density at radius 2 is 1.94 bits per heavy atom. The number of rotatable bonds is 4. The van der Waals surface area contributed by atoms with Crippen LogP contribution in [0.2, 0.25) is 0 Å². The van der Waals surface area contributed by atoms with Crippen LogP contribution in [0.25, 0.3) is 0 Å². The molecule has 0 aliphatic carbocycles. The molecule has 0 bridgehead atoms. The van der Waals surface area contributed by atoms with Crippen LogP contribution < -0.4 is 0 Å². The van der Waals surface area contributed by atoms with Crippen molar-refractivity contribution >= 4 is 9.24 Å². The second-order valence-corrected chi connectivity index (χ2v) is 4.95. The Balaban J connectivity index is 2.57. The first-order valence-electron chi connectivity index (χ1n) is 6.16. The van der Waals surface area contributed by atoms with Gasteiger partial charge in [0.25, 0.3) is 0 Å². The predicted octanol–water partition coefficient (Wildman–Crippen LogP) is 3.34. The molecule has 1 atom stereocenters. The number of hydrogen-bond acceptors (Lipinski definition) is 2. The number of likely N-dealkylation sites (tertiary alicyclic amines) is 1. The number of piperidine rings is 1. The lowest BCUT2D eigenvalue weighted by molar-refractivity contribution is -0.0363. The fraction of sp³-hybridized carbons (Fsp3) is 0.571. The summed E-state index contributed by atoms with van der Waals surface area (Å²) in [5, 5.41) is 0. The average Bonchev–Trinajstić information content (AvgIpc) is 2.36. The van der Waals surface area contributed by atoms with Gasteiger partial charge in [-0.2, -0.15) is 0 Å². The molecule has 0 aromatic heterocycles. The molecule has 96 valence electrons. The first kappa shape index (κ1) is 14.5. The second-order valence-electron chi connectivity index (χ2n) is 4.62. The molecule has 0 radical (unpaired) electrons. The van der Waals surface area contributed by atoms with Gasteiger partial charge in [0.2, 0.25) is 0 Å². The minimum absolute atomic E-state index is 0.0650. The lowest BCUT2D eigenvalue weighted by Gasteiger charge is -2.39. The van der Waals surface area contributed by atoms with Crippen molar-refractivity contribution in [2.75, 3.05) is 20.2 Å². The lowest BCUT2D eigenvalue weighted by atomic mass is 9.93. The van der Waals surface area contributed by atoms with Gasteiger partial charge in [0.1, 0.15) is 0 Å². The van der Waals surface area contributed by atoms with E-state index >= 15 is 0 Å². The van der Waals surface area contributed by atoms with Crippen LogP contribution in [0.4, 0.5) is 0 Å². The van der Waals surface area contributed by atoms with Crippen molar-refractivity contribution in [1.29, 1.82) is 0 Å². The molecule has 2 nitrogen and oxygen atoms in total. The Morgan fingerprint density at radius 3 is 2.41 bits per heavy atom. The Labute approximate surface area is 108 Å². The van der Waals surface area contributed by atoms with Crippen molar-refractivity contribution in [3.63, 3.8) is 0 Å². The van der Waals surface area contributed by atoms with E-state index in [1.165, 1.54) is 5.70 Å². The summed E-state index contributed by atoms with van der Waals surface area (Å²) in [7, 11) is 4.51. The maximum atomic E-state index is 5.56. The summed E-state index contributed by atoms with van der Waals surface area (Å²) in [5.41, 5.74) is 1.33. The molecule has 1 unspecified atom stereocenters. The molecule has 1 fully saturated rings. The number of methoxy groups -OCH3 is 1. The summed E-state index contributed by atoms with van der Waals surface area (Å²) in [6.45, 7) is 6.35. The van der Waals surface area contributed by atoms with Crippen LogP contribution in [0.15, 0.2) is 35.8 Å². The number of nitrogens with zero attached hydrogens (tertiary/aromatic N) is 1. The monoisotopic (exact) mass is 253 g/mol. The van der Waals surface area contributed by atoms with E-state index in [4.69, 9.17) is 4.74 Å². The van der Waals surface area contributed by atoms with E-state index in [9.17, 15) is 0 Å². The summed E-state index contributed by atoms with van der Waals surface area (Å²) in [5.74, 6) is 2.09. The molecule has 1 saturated heterocycles. The quantitative estimate of drug-likeness (QED) is 0.563. The van der Waals surface area contributed by atoms with E-state index in [0.717, 1.165) is 25.9 Å². The Bertz CT molecular complexity index is 312. The molecule has 0 aromatic carbocycles. The van der Waals surface area contributed by atoms with Crippen LogP contribution in [0, 0.1) is 0 Å². The first-order chi connectivity index (χ1) is 8.15. The van der Waals surface area contributed by atoms with Crippen LogP contribution in [-0.4, -0.2) is 30.7 Å². The van der Waals surface area contributed by atoms with E-state index in [1.807, 2.05) is 20.1 Å². The van der Waals surface area contributed by atoms with Crippen LogP contribution in [-0.2, 0) is 4.74 Å². The van der Waals surface area contributed by atoms with Crippen molar-refractivity contribution in [1.82, 2.24) is 4.90 Å². The predicted molar refractivity (Wildman–Crippen MR) is 78.0 cm³/mol. The van der Waals surface area contributed by atoms with Crippen LogP contribution in [0.1, 0.15) is 26.7 Å². The van der Waals surface area contributed by atoms with Crippen LogP contribution in [0.5, 0.6) is 0 Å². The molecule has 1 heterocycles. The van der Waals surface area contributed by atoms with E-state index in [2.05, 4.69) is 45.1 Å². The first-order valence-corrected chi connectivity index (χ1v) is 6.83. The molecule has 1 aliphatic rings. The summed E-state index contributed by atoms with van der Waals surface area (Å²) < 4.78 is 5.56. The number of ether oxygens (including phenoxy) is 1. The van der Waals surface area contributed by atoms with Gasteiger partial charge in [0.05, 0.1) is 5.60 Å². The van der Waals surface area contributed by atoms with E-state index in [1.54, 1.807) is 0 Å². The maximum absolute atomic E-state index is 5.56. The molecular formula is C14H24NOP. The van der Waals surface area contributed by atoms with Gasteiger partial charge in [-0.1, -0.05) is 18.2 Å². The van der Waals surface area contributed by atoms with E-state index in [0.29, 0.717) is 0 Å². The zero-order valence-corrected chi connectivity index (χ0v) is 12.3. The Morgan fingerprint density at radius 1 is 1.29 bits per heavy atom. The van der Waals surface area contributed by atoms with Crippen molar-refractivity contribution in [2.45, 2.75) is 32.3 Å². The van der Waals surface area contributed by atoms with Gasteiger partial charge in [-0.25, -0.2) is 0 Å². The number of hydrogen-bond donors (Lipinski definition) is 0. The molecule has 17 heavy (non-hydrogen) atoms. The SMILES string of the molecule is C\C=C/C=C\C(=C\P)N1CCC(C)(OC)CC1. The van der Waals surface area contributed by atoms with Gasteiger partial charge in [-0.15, -0.1) is 9.24 Å². The van der Waals surface area contributed by atoms with Crippen molar-refractivity contribution < 1.29 is 4.74 Å². The summed E-state index contributed by atoms with van der Waals surface area (Å²) >= 11 is 0. The van der Waals surface area contributed by atoms with Gasteiger partial charge in [-0.3, -0.25) is 0 Å². The minimum Gasteiger partial charge on any atom is -0.378 e. The van der Waals surface area contributed by atoms with E-state index in [-0.39, 0.29) is 5.60 Å². The standard InChI is InChI=1S/C14H24NOP/c1-4-5-6-7-13(12-17)15-10-8-14(2,16-3)9-11-15/h4-7,12H,8-11,17H2,1-3H3/b5-4-,7-6-,13-12-. The topological polar surface area (TPSA) is 12.5 Å². The molecule has 0 aromatic rings. The highest BCUT2D eigenvalue weighted by Crippen LogP contribution is 2.27. The number of allylic oxidation sites excluding steroid dienone is 4. The van der Waals surface area contributed by atoms with E-state index < -0.39 is 0 Å². The summed E-state index contributed by atoms with van der Waals surface area (Å²) in [6.07, 6.45) is 10.5. The van der Waals surface area contributed by atoms with Crippen LogP contribution >= 0.6 is 9.24 Å². The smallest absolute Gasteiger partial charge is 0.0684 e. The van der Waals surface area contributed by atoms with Crippen LogP contribution in [0.3, 0.4) is 0 Å². The molecule has 0 spiro atoms. The second kappa shape index (κ2) is 6.98. The lowest BCUT2D eigenvalue weighted by Crippen LogP contribution is -2.42. The molecule has 3 heteroatoms. The van der Waals surface area contributed by atoms with Crippen molar-refractivity contribution in [3.8, 4) is 0 Å². The average molecular weight is 253 g/mol. The third kappa shape index (κ3) is 4.29. The zero-order valence-electron chi connectivity index (χ0n) is 11.1. The van der Waals surface area contributed by atoms with Gasteiger partial charge < -0.3 is 9.64 Å². The molecular weight excluding hydrogens is 229 g/mol. The van der Waals surface area contributed by atoms with Gasteiger partial charge in [0, 0.05) is 25.9 Å². The zero-order chi connectivity index (χ0) is 12.7. The largest absolute Gasteiger partial charge is 0.378 e. The summed E-state index contributed by atoms with van der Waals surface area (Å²) in [4.78, 5) is 2.41. The fourth-order valence-corrected chi connectivity index (χ4v) is 2.30. The highest BCUT2D eigenvalue weighted by Gasteiger charge is 2.29. The van der Waals surface area contributed by atoms with Crippen molar-refractivity contribution in [2.24, 2.45) is 0 Å². The third-order valence-corrected chi connectivity index (χ3v) is 3.76. The fourth-order valence-electron chi connectivity index (χ4n) is 1.97. The normalized spacial score (nSPS) is 21.6. The molecule has 0 amide bonds. The molecule has 1 rings (SSSR count). The Hall–Kier alpha value is -0.590. The molecule has 0 saturated carbocycles.